The molecule has 0 saturated heterocycles. The van der Waals surface area contributed by atoms with Crippen LogP contribution < -0.4 is 10.2 Å². The zero-order valence-corrected chi connectivity index (χ0v) is 8.15. The van der Waals surface area contributed by atoms with Crippen molar-refractivity contribution in [2.45, 2.75) is 12.5 Å². The normalized spacial score (nSPS) is 12.3. The Kier molecular flexibility index (Phi) is 3.40. The van der Waals surface area contributed by atoms with Crippen LogP contribution in [0.15, 0.2) is 10.9 Å². The highest BCUT2D eigenvalue weighted by Crippen LogP contribution is 2.34. The smallest absolute Gasteiger partial charge is 0.399 e. The minimum Gasteiger partial charge on any atom is -0.399 e. The summed E-state index contributed by atoms with van der Waals surface area (Å²) < 4.78 is 75.7. The minimum atomic E-state index is -5.46. The molecule has 1 aromatic heterocycles. The number of alkyl halides is 6. The highest BCUT2D eigenvalue weighted by Gasteiger charge is 2.41. The SMILES string of the molecule is O=Cc1cc(=O)c(OC(F)(F)F)c(C(F)(F)F)[nH]1. The molecule has 1 N–H and O–H groups in total. The van der Waals surface area contributed by atoms with Gasteiger partial charge in [-0.2, -0.15) is 13.2 Å². The molecule has 1 rings (SSSR count). The van der Waals surface area contributed by atoms with Gasteiger partial charge in [0.15, 0.2) is 12.0 Å². The predicted octanol–water partition coefficient (Wildman–Crippen LogP) is 2.10. The summed E-state index contributed by atoms with van der Waals surface area (Å²) in [7, 11) is 0. The summed E-state index contributed by atoms with van der Waals surface area (Å²) in [5.74, 6) is -1.96. The second kappa shape index (κ2) is 4.35. The zero-order valence-electron chi connectivity index (χ0n) is 8.15. The van der Waals surface area contributed by atoms with Crippen LogP contribution >= 0.6 is 0 Å². The number of aldehydes is 1. The van der Waals surface area contributed by atoms with Gasteiger partial charge in [-0.1, -0.05) is 0 Å². The number of rotatable bonds is 2. The lowest BCUT2D eigenvalue weighted by Gasteiger charge is -2.14. The van der Waals surface area contributed by atoms with Crippen molar-refractivity contribution in [1.29, 1.82) is 0 Å². The Morgan fingerprint density at radius 3 is 2.11 bits per heavy atom. The fraction of sp³-hybridized carbons (Fsp3) is 0.250. The van der Waals surface area contributed by atoms with Crippen molar-refractivity contribution in [3.05, 3.63) is 27.7 Å². The summed E-state index contributed by atoms with van der Waals surface area (Å²) in [5, 5.41) is 0. The number of nitrogens with one attached hydrogen (secondary N) is 1. The average Bonchev–Trinajstić information content (AvgIpc) is 2.17. The lowest BCUT2D eigenvalue weighted by Crippen LogP contribution is -2.26. The molecule has 0 spiro atoms. The van der Waals surface area contributed by atoms with Gasteiger partial charge < -0.3 is 9.72 Å². The van der Waals surface area contributed by atoms with Gasteiger partial charge in [-0.05, 0) is 0 Å². The Balaban J connectivity index is 3.49. The lowest BCUT2D eigenvalue weighted by molar-refractivity contribution is -0.276. The van der Waals surface area contributed by atoms with Gasteiger partial charge in [-0.15, -0.1) is 13.2 Å². The van der Waals surface area contributed by atoms with E-state index in [0.29, 0.717) is 0 Å². The maximum atomic E-state index is 12.4. The largest absolute Gasteiger partial charge is 0.573 e. The van der Waals surface area contributed by atoms with Crippen LogP contribution in [0.4, 0.5) is 26.3 Å². The fourth-order valence-corrected chi connectivity index (χ4v) is 1.05. The van der Waals surface area contributed by atoms with Gasteiger partial charge in [0, 0.05) is 6.07 Å². The summed E-state index contributed by atoms with van der Waals surface area (Å²) in [6.45, 7) is 0. The third-order valence-electron chi connectivity index (χ3n) is 1.64. The van der Waals surface area contributed by atoms with Gasteiger partial charge in [-0.3, -0.25) is 9.59 Å². The number of ether oxygens (including phenoxy) is 1. The number of hydrogen-bond donors (Lipinski definition) is 1. The van der Waals surface area contributed by atoms with Gasteiger partial charge in [0.2, 0.25) is 11.2 Å². The Bertz CT molecular complexity index is 515. The van der Waals surface area contributed by atoms with Crippen LogP contribution in [0.3, 0.4) is 0 Å². The van der Waals surface area contributed by atoms with Crippen LogP contribution in [0.1, 0.15) is 16.2 Å². The Morgan fingerprint density at radius 1 is 1.17 bits per heavy atom. The number of hydrogen-bond acceptors (Lipinski definition) is 3. The van der Waals surface area contributed by atoms with Gasteiger partial charge in [0.1, 0.15) is 0 Å². The van der Waals surface area contributed by atoms with Gasteiger partial charge in [0.25, 0.3) is 0 Å². The molecule has 0 saturated carbocycles. The Hall–Kier alpha value is -2.00. The number of carbonyl (C=O) groups excluding carboxylic acids is 1. The number of aromatic amines is 1. The van der Waals surface area contributed by atoms with Gasteiger partial charge in [-0.25, -0.2) is 0 Å². The molecule has 0 aliphatic carbocycles. The molecule has 0 unspecified atom stereocenters. The van der Waals surface area contributed by atoms with Crippen molar-refractivity contribution in [2.24, 2.45) is 0 Å². The second-order valence-corrected chi connectivity index (χ2v) is 2.96. The predicted molar refractivity (Wildman–Crippen MR) is 44.1 cm³/mol. The van der Waals surface area contributed by atoms with E-state index in [-0.39, 0.29) is 12.4 Å². The van der Waals surface area contributed by atoms with Crippen LogP contribution in [-0.2, 0) is 6.18 Å². The van der Waals surface area contributed by atoms with Crippen molar-refractivity contribution in [3.63, 3.8) is 0 Å². The minimum absolute atomic E-state index is 0.145. The molecule has 18 heavy (non-hydrogen) atoms. The topological polar surface area (TPSA) is 59.2 Å². The number of halogens is 6. The maximum absolute atomic E-state index is 12.4. The highest BCUT2D eigenvalue weighted by atomic mass is 19.4. The lowest BCUT2D eigenvalue weighted by atomic mass is 10.2. The first kappa shape index (κ1) is 14.1. The summed E-state index contributed by atoms with van der Waals surface area (Å²) in [5.41, 5.74) is -4.60. The van der Waals surface area contributed by atoms with Crippen molar-refractivity contribution in [2.75, 3.05) is 0 Å². The van der Waals surface area contributed by atoms with E-state index in [1.165, 1.54) is 4.98 Å². The summed E-state index contributed by atoms with van der Waals surface area (Å²) in [6.07, 6.45) is -10.9. The first-order valence-corrected chi connectivity index (χ1v) is 4.10. The highest BCUT2D eigenvalue weighted by molar-refractivity contribution is 5.72. The van der Waals surface area contributed by atoms with E-state index >= 15 is 0 Å². The first-order chi connectivity index (χ1) is 8.04. The molecule has 0 radical (unpaired) electrons. The number of pyridine rings is 1. The van der Waals surface area contributed by atoms with Gasteiger partial charge in [0.05, 0.1) is 5.69 Å². The van der Waals surface area contributed by atoms with Gasteiger partial charge >= 0.3 is 12.5 Å². The van der Waals surface area contributed by atoms with E-state index in [9.17, 15) is 35.9 Å². The second-order valence-electron chi connectivity index (χ2n) is 2.96. The fourth-order valence-electron chi connectivity index (χ4n) is 1.05. The molecule has 0 amide bonds. The zero-order chi connectivity index (χ0) is 14.1. The molecule has 0 atom stereocenters. The summed E-state index contributed by atoms with van der Waals surface area (Å²) in [6, 6.07) is 0.267. The van der Waals surface area contributed by atoms with Crippen LogP contribution in [0.5, 0.6) is 5.75 Å². The van der Waals surface area contributed by atoms with E-state index in [4.69, 9.17) is 0 Å². The molecular formula is C8H3F6NO3. The third kappa shape index (κ3) is 3.25. The third-order valence-corrected chi connectivity index (χ3v) is 1.64. The van der Waals surface area contributed by atoms with E-state index in [1.807, 2.05) is 0 Å². The monoisotopic (exact) mass is 275 g/mol. The van der Waals surface area contributed by atoms with Crippen molar-refractivity contribution in [3.8, 4) is 5.75 Å². The summed E-state index contributed by atoms with van der Waals surface area (Å²) in [4.78, 5) is 22.6. The van der Waals surface area contributed by atoms with E-state index in [2.05, 4.69) is 4.74 Å². The van der Waals surface area contributed by atoms with E-state index in [0.717, 1.165) is 0 Å². The van der Waals surface area contributed by atoms with Crippen molar-refractivity contribution < 1.29 is 35.9 Å². The van der Waals surface area contributed by atoms with Crippen LogP contribution in [0.25, 0.3) is 0 Å². The van der Waals surface area contributed by atoms with Crippen molar-refractivity contribution >= 4 is 6.29 Å². The molecule has 1 aromatic rings. The number of carbonyl (C=O) groups is 1. The summed E-state index contributed by atoms with van der Waals surface area (Å²) >= 11 is 0. The first-order valence-electron chi connectivity index (χ1n) is 4.10. The van der Waals surface area contributed by atoms with Crippen LogP contribution in [0, 0.1) is 0 Å². The Morgan fingerprint density at radius 2 is 1.72 bits per heavy atom. The van der Waals surface area contributed by atoms with Crippen LogP contribution in [0.2, 0.25) is 0 Å². The quantitative estimate of drug-likeness (QED) is 0.664. The maximum Gasteiger partial charge on any atom is 0.573 e. The molecule has 100 valence electrons. The van der Waals surface area contributed by atoms with E-state index < -0.39 is 35.1 Å². The standard InChI is InChI=1S/C8H3F6NO3/c9-7(10,11)6-5(18-8(12,13)14)4(17)1-3(2-16)15-6/h1-2H,(H,15,17). The van der Waals surface area contributed by atoms with E-state index in [1.54, 1.807) is 0 Å². The molecule has 0 aliphatic heterocycles. The molecule has 0 aromatic carbocycles. The molecule has 1 heterocycles. The molecule has 0 aliphatic rings. The molecule has 0 bridgehead atoms. The van der Waals surface area contributed by atoms with Crippen LogP contribution in [-0.4, -0.2) is 17.6 Å². The molecule has 0 fully saturated rings. The molecular weight excluding hydrogens is 272 g/mol. The average molecular weight is 275 g/mol. The number of aromatic nitrogens is 1. The molecule has 10 heteroatoms. The molecule has 4 nitrogen and oxygen atoms in total. The Labute approximate surface area is 94.2 Å². The van der Waals surface area contributed by atoms with Crippen molar-refractivity contribution in [1.82, 2.24) is 4.98 Å². The number of H-pyrrole nitrogens is 1.